The molecule has 1 saturated carbocycles. The molecule has 1 aliphatic heterocycles. The molecule has 1 fully saturated rings. The Morgan fingerprint density at radius 1 is 1.25 bits per heavy atom. The van der Waals surface area contributed by atoms with Crippen molar-refractivity contribution in [3.63, 3.8) is 0 Å². The maximum atomic E-state index is 13.0. The van der Waals surface area contributed by atoms with Gasteiger partial charge in [0.15, 0.2) is 5.71 Å². The number of benzene rings is 1. The van der Waals surface area contributed by atoms with Crippen molar-refractivity contribution < 1.29 is 14.3 Å². The molecule has 1 aromatic rings. The number of nitrogens with one attached hydrogen (secondary N) is 3. The van der Waals surface area contributed by atoms with Gasteiger partial charge < -0.3 is 20.8 Å². The maximum Gasteiger partial charge on any atom is 0.273 e. The van der Waals surface area contributed by atoms with Gasteiger partial charge in [-0.05, 0) is 47.9 Å². The summed E-state index contributed by atoms with van der Waals surface area (Å²) >= 11 is 0. The van der Waals surface area contributed by atoms with Crippen molar-refractivity contribution in [3.8, 4) is 5.75 Å². The van der Waals surface area contributed by atoms with Crippen LogP contribution in [-0.4, -0.2) is 37.7 Å². The lowest BCUT2D eigenvalue weighted by Crippen LogP contribution is -2.41. The molecule has 7 nitrogen and oxygen atoms in total. The summed E-state index contributed by atoms with van der Waals surface area (Å²) in [5.41, 5.74) is 4.72. The van der Waals surface area contributed by atoms with E-state index in [4.69, 9.17) is 4.74 Å². The minimum Gasteiger partial charge on any atom is -0.496 e. The van der Waals surface area contributed by atoms with E-state index in [1.165, 1.54) is 7.11 Å². The summed E-state index contributed by atoms with van der Waals surface area (Å²) in [6.07, 6.45) is 4.04. The molecular weight excluding hydrogens is 356 g/mol. The Hall–Kier alpha value is -2.83. The van der Waals surface area contributed by atoms with Gasteiger partial charge in [-0.2, -0.15) is 5.10 Å². The number of carbonyl (C=O) groups is 2. The smallest absolute Gasteiger partial charge is 0.273 e. The minimum absolute atomic E-state index is 0.107. The van der Waals surface area contributed by atoms with Crippen LogP contribution in [0.5, 0.6) is 5.75 Å². The van der Waals surface area contributed by atoms with Crippen molar-refractivity contribution in [1.29, 1.82) is 0 Å². The number of amides is 2. The van der Waals surface area contributed by atoms with Gasteiger partial charge in [0.2, 0.25) is 0 Å². The van der Waals surface area contributed by atoms with E-state index in [1.807, 2.05) is 12.1 Å². The molecule has 0 atom stereocenters. The zero-order valence-electron chi connectivity index (χ0n) is 16.9. The number of rotatable bonds is 6. The highest BCUT2D eigenvalue weighted by atomic mass is 16.5. The Morgan fingerprint density at radius 3 is 2.64 bits per heavy atom. The highest BCUT2D eigenvalue weighted by Gasteiger charge is 2.26. The molecule has 0 saturated heterocycles. The first-order valence-corrected chi connectivity index (χ1v) is 9.58. The van der Waals surface area contributed by atoms with Crippen molar-refractivity contribution in [2.45, 2.75) is 39.0 Å². The number of hydrazone groups is 1. The van der Waals surface area contributed by atoms with Crippen LogP contribution in [0.2, 0.25) is 0 Å². The second kappa shape index (κ2) is 8.04. The van der Waals surface area contributed by atoms with Gasteiger partial charge in [0.05, 0.1) is 24.9 Å². The molecule has 3 rings (SSSR count). The van der Waals surface area contributed by atoms with Crippen molar-refractivity contribution >= 4 is 17.5 Å². The SMILES string of the molecule is COc1ccc(C(C)(C)C)cc1C(=O)NC1=CCNN=C1C(=O)NCC1CC1. The number of hydrogen-bond donors (Lipinski definition) is 3. The normalized spacial score (nSPS) is 16.4. The van der Waals surface area contributed by atoms with Gasteiger partial charge in [0.25, 0.3) is 11.8 Å². The van der Waals surface area contributed by atoms with Crippen LogP contribution in [0.25, 0.3) is 0 Å². The molecule has 0 aromatic heterocycles. The first kappa shape index (κ1) is 19.9. The molecular formula is C21H28N4O3. The number of ether oxygens (including phenoxy) is 1. The topological polar surface area (TPSA) is 91.8 Å². The van der Waals surface area contributed by atoms with Crippen LogP contribution in [0.4, 0.5) is 0 Å². The lowest BCUT2D eigenvalue weighted by atomic mass is 9.86. The largest absolute Gasteiger partial charge is 0.496 e. The van der Waals surface area contributed by atoms with Crippen LogP contribution in [0.3, 0.4) is 0 Å². The van der Waals surface area contributed by atoms with E-state index >= 15 is 0 Å². The van der Waals surface area contributed by atoms with E-state index < -0.39 is 0 Å². The van der Waals surface area contributed by atoms with E-state index in [2.05, 4.69) is 41.9 Å². The quantitative estimate of drug-likeness (QED) is 0.700. The molecule has 1 aromatic carbocycles. The first-order chi connectivity index (χ1) is 13.3. The Labute approximate surface area is 165 Å². The molecule has 28 heavy (non-hydrogen) atoms. The summed E-state index contributed by atoms with van der Waals surface area (Å²) in [6, 6.07) is 5.58. The fraction of sp³-hybridized carbons (Fsp3) is 0.476. The Morgan fingerprint density at radius 2 is 2.00 bits per heavy atom. The second-order valence-electron chi connectivity index (χ2n) is 8.21. The summed E-state index contributed by atoms with van der Waals surface area (Å²) in [4.78, 5) is 25.4. The van der Waals surface area contributed by atoms with Gasteiger partial charge in [-0.3, -0.25) is 9.59 Å². The standard InChI is InChI=1S/C21H28N4O3/c1-21(2,3)14-7-8-17(28-4)15(11-14)19(26)24-16-9-10-23-25-18(16)20(27)22-12-13-5-6-13/h7-9,11,13,23H,5-6,10,12H2,1-4H3,(H,22,27)(H,24,26). The van der Waals surface area contributed by atoms with E-state index in [0.29, 0.717) is 36.0 Å². The van der Waals surface area contributed by atoms with Crippen molar-refractivity contribution in [3.05, 3.63) is 41.1 Å². The lowest BCUT2D eigenvalue weighted by molar-refractivity contribution is -0.114. The summed E-state index contributed by atoms with van der Waals surface area (Å²) in [6.45, 7) is 7.33. The third-order valence-corrected chi connectivity index (χ3v) is 4.87. The zero-order valence-corrected chi connectivity index (χ0v) is 16.9. The second-order valence-corrected chi connectivity index (χ2v) is 8.21. The molecule has 0 bridgehead atoms. The zero-order chi connectivity index (χ0) is 20.3. The third-order valence-electron chi connectivity index (χ3n) is 4.87. The molecule has 7 heteroatoms. The van der Waals surface area contributed by atoms with Crippen LogP contribution < -0.4 is 20.8 Å². The lowest BCUT2D eigenvalue weighted by Gasteiger charge is -2.21. The molecule has 0 unspecified atom stereocenters. The average Bonchev–Trinajstić information content (AvgIpc) is 3.49. The van der Waals surface area contributed by atoms with E-state index in [-0.39, 0.29) is 22.9 Å². The Kier molecular flexibility index (Phi) is 5.72. The van der Waals surface area contributed by atoms with E-state index in [0.717, 1.165) is 18.4 Å². The fourth-order valence-corrected chi connectivity index (χ4v) is 2.90. The fourth-order valence-electron chi connectivity index (χ4n) is 2.90. The molecule has 2 aliphatic rings. The average molecular weight is 384 g/mol. The van der Waals surface area contributed by atoms with Crippen LogP contribution in [0.1, 0.15) is 49.5 Å². The molecule has 0 radical (unpaired) electrons. The predicted octanol–water partition coefficient (Wildman–Crippen LogP) is 2.09. The van der Waals surface area contributed by atoms with Gasteiger partial charge in [-0.15, -0.1) is 0 Å². The van der Waals surface area contributed by atoms with Gasteiger partial charge in [-0.1, -0.05) is 26.8 Å². The molecule has 3 N–H and O–H groups in total. The predicted molar refractivity (Wildman–Crippen MR) is 108 cm³/mol. The van der Waals surface area contributed by atoms with Gasteiger partial charge in [-0.25, -0.2) is 0 Å². The molecule has 1 heterocycles. The maximum absolute atomic E-state index is 13.0. The number of nitrogens with zero attached hydrogens (tertiary/aromatic N) is 1. The molecule has 0 spiro atoms. The molecule has 2 amide bonds. The first-order valence-electron chi connectivity index (χ1n) is 9.58. The van der Waals surface area contributed by atoms with Gasteiger partial charge >= 0.3 is 0 Å². The van der Waals surface area contributed by atoms with E-state index in [9.17, 15) is 9.59 Å². The Balaban J connectivity index is 1.78. The summed E-state index contributed by atoms with van der Waals surface area (Å²) in [7, 11) is 1.53. The minimum atomic E-state index is -0.334. The highest BCUT2D eigenvalue weighted by Crippen LogP contribution is 2.28. The highest BCUT2D eigenvalue weighted by molar-refractivity contribution is 6.45. The summed E-state index contributed by atoms with van der Waals surface area (Å²) < 4.78 is 5.37. The van der Waals surface area contributed by atoms with Crippen molar-refractivity contribution in [2.75, 3.05) is 20.2 Å². The van der Waals surface area contributed by atoms with Crippen molar-refractivity contribution in [2.24, 2.45) is 11.0 Å². The van der Waals surface area contributed by atoms with Crippen molar-refractivity contribution in [1.82, 2.24) is 16.1 Å². The van der Waals surface area contributed by atoms with Crippen LogP contribution in [0.15, 0.2) is 35.1 Å². The van der Waals surface area contributed by atoms with Crippen LogP contribution >= 0.6 is 0 Å². The molecule has 150 valence electrons. The van der Waals surface area contributed by atoms with Gasteiger partial charge in [0, 0.05) is 6.54 Å². The number of methoxy groups -OCH3 is 1. The van der Waals surface area contributed by atoms with Crippen LogP contribution in [0, 0.1) is 5.92 Å². The van der Waals surface area contributed by atoms with E-state index in [1.54, 1.807) is 12.1 Å². The summed E-state index contributed by atoms with van der Waals surface area (Å²) in [5, 5.41) is 9.81. The third kappa shape index (κ3) is 4.71. The number of hydrogen-bond acceptors (Lipinski definition) is 5. The Bertz CT molecular complexity index is 833. The monoisotopic (exact) mass is 384 g/mol. The van der Waals surface area contributed by atoms with Crippen LogP contribution in [-0.2, 0) is 10.2 Å². The summed E-state index contributed by atoms with van der Waals surface area (Å²) in [5.74, 6) is 0.420. The number of carbonyl (C=O) groups excluding carboxylic acids is 2. The van der Waals surface area contributed by atoms with Gasteiger partial charge in [0.1, 0.15) is 5.75 Å². The molecule has 1 aliphatic carbocycles.